The molecule has 1 saturated carbocycles. The molecule has 19 heavy (non-hydrogen) atoms. The van der Waals surface area contributed by atoms with E-state index in [1.807, 2.05) is 18.7 Å². The molecule has 4 heteroatoms. The first kappa shape index (κ1) is 14.4. The van der Waals surface area contributed by atoms with Gasteiger partial charge in [-0.3, -0.25) is 9.59 Å². The minimum Gasteiger partial charge on any atom is -0.342 e. The summed E-state index contributed by atoms with van der Waals surface area (Å²) in [5.74, 6) is 0.683. The lowest BCUT2D eigenvalue weighted by Gasteiger charge is -2.34. The van der Waals surface area contributed by atoms with Crippen LogP contribution in [0.25, 0.3) is 0 Å². The molecule has 0 bridgehead atoms. The molecule has 1 aliphatic carbocycles. The van der Waals surface area contributed by atoms with Gasteiger partial charge < -0.3 is 10.2 Å². The van der Waals surface area contributed by atoms with Crippen molar-refractivity contribution in [1.29, 1.82) is 0 Å². The van der Waals surface area contributed by atoms with Gasteiger partial charge >= 0.3 is 0 Å². The van der Waals surface area contributed by atoms with Gasteiger partial charge in [0.05, 0.1) is 0 Å². The highest BCUT2D eigenvalue weighted by Crippen LogP contribution is 2.52. The van der Waals surface area contributed by atoms with Crippen LogP contribution < -0.4 is 5.32 Å². The highest BCUT2D eigenvalue weighted by molar-refractivity contribution is 5.93. The Bertz CT molecular complexity index is 388. The van der Waals surface area contributed by atoms with Gasteiger partial charge in [0.15, 0.2) is 0 Å². The van der Waals surface area contributed by atoms with E-state index in [2.05, 4.69) is 19.2 Å². The zero-order chi connectivity index (χ0) is 14.3. The molecule has 1 aliphatic heterocycles. The fourth-order valence-corrected chi connectivity index (χ4v) is 2.96. The lowest BCUT2D eigenvalue weighted by molar-refractivity contribution is -0.139. The molecule has 2 aliphatic rings. The molecule has 2 fully saturated rings. The average molecular weight is 266 g/mol. The van der Waals surface area contributed by atoms with Gasteiger partial charge in [-0.15, -0.1) is 0 Å². The van der Waals surface area contributed by atoms with E-state index >= 15 is 0 Å². The van der Waals surface area contributed by atoms with E-state index in [0.717, 1.165) is 6.54 Å². The Balaban J connectivity index is 2.16. The van der Waals surface area contributed by atoms with Gasteiger partial charge in [0, 0.05) is 19.5 Å². The van der Waals surface area contributed by atoms with Crippen LogP contribution in [0.4, 0.5) is 0 Å². The number of hydrogen-bond donors (Lipinski definition) is 1. The number of rotatable bonds is 4. The molecule has 0 aromatic heterocycles. The second kappa shape index (κ2) is 4.80. The summed E-state index contributed by atoms with van der Waals surface area (Å²) in [6, 6.07) is 0. The summed E-state index contributed by atoms with van der Waals surface area (Å²) >= 11 is 0. The summed E-state index contributed by atoms with van der Waals surface area (Å²) in [4.78, 5) is 26.4. The summed E-state index contributed by atoms with van der Waals surface area (Å²) in [6.07, 6.45) is 3.48. The number of hydrogen-bond acceptors (Lipinski definition) is 2. The second-order valence-corrected chi connectivity index (χ2v) is 6.73. The van der Waals surface area contributed by atoms with Crippen LogP contribution >= 0.6 is 0 Å². The summed E-state index contributed by atoms with van der Waals surface area (Å²) in [5, 5.41) is 2.89. The average Bonchev–Trinajstić information content (AvgIpc) is 3.14. The summed E-state index contributed by atoms with van der Waals surface area (Å²) in [6.45, 7) is 9.65. The highest BCUT2D eigenvalue weighted by atomic mass is 16.2. The van der Waals surface area contributed by atoms with E-state index in [0.29, 0.717) is 30.7 Å². The van der Waals surface area contributed by atoms with Gasteiger partial charge in [0.2, 0.25) is 11.8 Å². The number of carbonyl (C=O) groups excluding carboxylic acids is 2. The number of nitrogens with zero attached hydrogens (tertiary/aromatic N) is 1. The van der Waals surface area contributed by atoms with Crippen LogP contribution in [0.15, 0.2) is 0 Å². The molecule has 1 N–H and O–H groups in total. The Morgan fingerprint density at radius 1 is 1.32 bits per heavy atom. The van der Waals surface area contributed by atoms with Gasteiger partial charge in [-0.25, -0.2) is 0 Å². The van der Waals surface area contributed by atoms with Gasteiger partial charge in [-0.1, -0.05) is 20.8 Å². The molecule has 0 aromatic carbocycles. The quantitative estimate of drug-likeness (QED) is 0.845. The van der Waals surface area contributed by atoms with Crippen molar-refractivity contribution < 1.29 is 9.59 Å². The second-order valence-electron chi connectivity index (χ2n) is 6.73. The largest absolute Gasteiger partial charge is 0.342 e. The lowest BCUT2D eigenvalue weighted by Crippen LogP contribution is -2.55. The van der Waals surface area contributed by atoms with Crippen LogP contribution in [0.3, 0.4) is 0 Å². The van der Waals surface area contributed by atoms with E-state index in [9.17, 15) is 9.59 Å². The highest BCUT2D eigenvalue weighted by Gasteiger charge is 2.49. The number of carbonyl (C=O) groups is 2. The third-order valence-corrected chi connectivity index (χ3v) is 5.11. The van der Waals surface area contributed by atoms with Gasteiger partial charge in [0.1, 0.15) is 5.54 Å². The third-order valence-electron chi connectivity index (χ3n) is 5.11. The Morgan fingerprint density at radius 3 is 2.42 bits per heavy atom. The lowest BCUT2D eigenvalue weighted by atomic mass is 9.90. The zero-order valence-corrected chi connectivity index (χ0v) is 12.6. The predicted octanol–water partition coefficient (Wildman–Crippen LogP) is 1.94. The molecule has 108 valence electrons. The van der Waals surface area contributed by atoms with Crippen molar-refractivity contribution in [2.75, 3.05) is 13.1 Å². The molecule has 1 unspecified atom stereocenters. The third kappa shape index (κ3) is 2.63. The molecule has 1 atom stereocenters. The summed E-state index contributed by atoms with van der Waals surface area (Å²) in [7, 11) is 0. The maximum absolute atomic E-state index is 12.7. The topological polar surface area (TPSA) is 49.4 Å². The van der Waals surface area contributed by atoms with Crippen molar-refractivity contribution in [1.82, 2.24) is 10.2 Å². The molecule has 2 rings (SSSR count). The van der Waals surface area contributed by atoms with Crippen LogP contribution in [0.2, 0.25) is 0 Å². The number of nitrogens with one attached hydrogen (secondary N) is 1. The SMILES string of the molecule is CCC1(C)NC(=O)CCN(CC2(C(C)C)CC2)C1=O. The standard InChI is InChI=1S/C15H26N2O2/c1-5-14(4)13(19)17(9-6-12(18)16-14)10-15(7-8-15)11(2)3/h11H,5-10H2,1-4H3,(H,16,18). The number of amides is 2. The fraction of sp³-hybridized carbons (Fsp3) is 0.867. The van der Waals surface area contributed by atoms with E-state index in [1.165, 1.54) is 12.8 Å². The van der Waals surface area contributed by atoms with Crippen molar-refractivity contribution in [3.63, 3.8) is 0 Å². The van der Waals surface area contributed by atoms with E-state index in [1.54, 1.807) is 0 Å². The van der Waals surface area contributed by atoms with Crippen LogP contribution in [-0.2, 0) is 9.59 Å². The molecule has 0 radical (unpaired) electrons. The first-order valence-electron chi connectivity index (χ1n) is 7.43. The summed E-state index contributed by atoms with van der Waals surface area (Å²) in [5.41, 5.74) is -0.418. The maximum Gasteiger partial charge on any atom is 0.248 e. The Morgan fingerprint density at radius 2 is 1.95 bits per heavy atom. The molecule has 0 spiro atoms. The first-order valence-corrected chi connectivity index (χ1v) is 7.43. The molecular formula is C15H26N2O2. The monoisotopic (exact) mass is 266 g/mol. The zero-order valence-electron chi connectivity index (χ0n) is 12.6. The van der Waals surface area contributed by atoms with Crippen molar-refractivity contribution >= 4 is 11.8 Å². The van der Waals surface area contributed by atoms with Gasteiger partial charge in [-0.2, -0.15) is 0 Å². The van der Waals surface area contributed by atoms with Gasteiger partial charge in [0.25, 0.3) is 0 Å². The molecule has 4 nitrogen and oxygen atoms in total. The maximum atomic E-state index is 12.7. The smallest absolute Gasteiger partial charge is 0.248 e. The van der Waals surface area contributed by atoms with E-state index in [4.69, 9.17) is 0 Å². The van der Waals surface area contributed by atoms with Crippen molar-refractivity contribution in [2.24, 2.45) is 11.3 Å². The van der Waals surface area contributed by atoms with Crippen LogP contribution in [0.1, 0.15) is 53.4 Å². The van der Waals surface area contributed by atoms with Crippen LogP contribution in [0.5, 0.6) is 0 Å². The van der Waals surface area contributed by atoms with Gasteiger partial charge in [-0.05, 0) is 37.5 Å². The minimum atomic E-state index is -0.722. The van der Waals surface area contributed by atoms with Crippen molar-refractivity contribution in [2.45, 2.75) is 58.9 Å². The Hall–Kier alpha value is -1.06. The summed E-state index contributed by atoms with van der Waals surface area (Å²) < 4.78 is 0. The van der Waals surface area contributed by atoms with Crippen LogP contribution in [-0.4, -0.2) is 35.3 Å². The predicted molar refractivity (Wildman–Crippen MR) is 74.5 cm³/mol. The molecule has 1 heterocycles. The minimum absolute atomic E-state index is 0.00501. The van der Waals surface area contributed by atoms with Crippen molar-refractivity contribution in [3.8, 4) is 0 Å². The van der Waals surface area contributed by atoms with Crippen molar-refractivity contribution in [3.05, 3.63) is 0 Å². The molecule has 2 amide bonds. The first-order chi connectivity index (χ1) is 8.83. The van der Waals surface area contributed by atoms with Crippen LogP contribution in [0, 0.1) is 11.3 Å². The molecular weight excluding hydrogens is 240 g/mol. The fourth-order valence-electron chi connectivity index (χ4n) is 2.96. The normalized spacial score (nSPS) is 30.3. The Kier molecular flexibility index (Phi) is 3.63. The van der Waals surface area contributed by atoms with E-state index < -0.39 is 5.54 Å². The molecule has 1 saturated heterocycles. The molecule has 0 aromatic rings. The Labute approximate surface area is 115 Å². The van der Waals surface area contributed by atoms with E-state index in [-0.39, 0.29) is 11.8 Å².